The van der Waals surface area contributed by atoms with Crippen molar-refractivity contribution in [3.8, 4) is 16.9 Å². The molecule has 32 heavy (non-hydrogen) atoms. The van der Waals surface area contributed by atoms with Gasteiger partial charge in [-0.3, -0.25) is 14.6 Å². The summed E-state index contributed by atoms with van der Waals surface area (Å²) in [5.74, 6) is -0.0196. The molecule has 0 saturated carbocycles. The van der Waals surface area contributed by atoms with Gasteiger partial charge in [-0.1, -0.05) is 39.0 Å². The molecule has 0 aliphatic rings. The molecule has 162 valence electrons. The first-order chi connectivity index (χ1) is 15.2. The Labute approximate surface area is 189 Å². The predicted molar refractivity (Wildman–Crippen MR) is 128 cm³/mol. The summed E-state index contributed by atoms with van der Waals surface area (Å²) in [5, 5.41) is 4.77. The lowest BCUT2D eigenvalue weighted by Gasteiger charge is -2.12. The second kappa shape index (κ2) is 8.51. The molecule has 3 heterocycles. The average Bonchev–Trinajstić information content (AvgIpc) is 3.31. The van der Waals surface area contributed by atoms with Crippen LogP contribution in [0.4, 0.5) is 0 Å². The van der Waals surface area contributed by atoms with Crippen LogP contribution in [-0.4, -0.2) is 25.1 Å². The van der Waals surface area contributed by atoms with Crippen LogP contribution in [0.1, 0.15) is 26.3 Å². The second-order valence-corrected chi connectivity index (χ2v) is 9.59. The van der Waals surface area contributed by atoms with E-state index in [-0.39, 0.29) is 11.3 Å². The standard InChI is InChI=1S/C25H24N4O2S/c1-25(2,3)21(30)14-22-28(4)24(31)20(32-22)13-18-16-29(19-10-6-5-7-11-19)27-23(18)17-9-8-12-26-15-17/h5-16H,1-4H3/b20-13-,22-14-. The number of hydrogen-bond donors (Lipinski definition) is 0. The first-order valence-corrected chi connectivity index (χ1v) is 11.0. The summed E-state index contributed by atoms with van der Waals surface area (Å²) in [6.45, 7) is 5.59. The number of nitrogens with zero attached hydrogens (tertiary/aromatic N) is 4. The number of carbonyl (C=O) groups excluding carboxylic acids is 1. The highest BCUT2D eigenvalue weighted by molar-refractivity contribution is 7.07. The van der Waals surface area contributed by atoms with E-state index in [0.29, 0.717) is 9.20 Å². The fourth-order valence-corrected chi connectivity index (χ4v) is 4.13. The molecule has 1 aromatic carbocycles. The highest BCUT2D eigenvalue weighted by Gasteiger charge is 2.19. The summed E-state index contributed by atoms with van der Waals surface area (Å²) in [7, 11) is 1.69. The Hall–Kier alpha value is -3.58. The van der Waals surface area contributed by atoms with Crippen LogP contribution in [0.2, 0.25) is 0 Å². The number of hydrogen-bond acceptors (Lipinski definition) is 5. The lowest BCUT2D eigenvalue weighted by molar-refractivity contribution is -0.120. The quantitative estimate of drug-likeness (QED) is 0.485. The Morgan fingerprint density at radius 3 is 2.50 bits per heavy atom. The van der Waals surface area contributed by atoms with Crippen LogP contribution in [0.15, 0.2) is 65.8 Å². The number of aromatic nitrogens is 4. The zero-order valence-corrected chi connectivity index (χ0v) is 19.3. The van der Waals surface area contributed by atoms with E-state index in [4.69, 9.17) is 5.10 Å². The molecule has 0 bridgehead atoms. The van der Waals surface area contributed by atoms with E-state index < -0.39 is 5.41 Å². The van der Waals surface area contributed by atoms with Crippen molar-refractivity contribution in [3.63, 3.8) is 0 Å². The molecule has 0 radical (unpaired) electrons. The van der Waals surface area contributed by atoms with Gasteiger partial charge >= 0.3 is 0 Å². The molecule has 0 aliphatic heterocycles. The Bertz CT molecular complexity index is 1440. The molecular formula is C25H24N4O2S. The van der Waals surface area contributed by atoms with E-state index in [1.54, 1.807) is 30.2 Å². The third-order valence-electron chi connectivity index (χ3n) is 5.04. The molecule has 0 N–H and O–H groups in total. The van der Waals surface area contributed by atoms with Crippen LogP contribution in [0.5, 0.6) is 0 Å². The minimum absolute atomic E-state index is 0.0196. The molecule has 3 aromatic heterocycles. The lowest BCUT2D eigenvalue weighted by Crippen LogP contribution is -2.30. The van der Waals surface area contributed by atoms with Crippen molar-refractivity contribution in [1.29, 1.82) is 0 Å². The summed E-state index contributed by atoms with van der Waals surface area (Å²) in [4.78, 5) is 29.6. The molecule has 0 fully saturated rings. The maximum absolute atomic E-state index is 12.9. The number of rotatable bonds is 4. The topological polar surface area (TPSA) is 69.8 Å². The molecule has 0 saturated heterocycles. The Balaban J connectivity index is 1.90. The molecule has 0 atom stereocenters. The van der Waals surface area contributed by atoms with Crippen LogP contribution >= 0.6 is 11.3 Å². The molecule has 0 unspecified atom stereocenters. The van der Waals surface area contributed by atoms with Gasteiger partial charge in [0.15, 0.2) is 5.78 Å². The summed E-state index contributed by atoms with van der Waals surface area (Å²) >= 11 is 1.30. The normalized spacial score (nSPS) is 13.0. The fraction of sp³-hybridized carbons (Fsp3) is 0.200. The van der Waals surface area contributed by atoms with Gasteiger partial charge < -0.3 is 4.57 Å². The Morgan fingerprint density at radius 1 is 1.09 bits per heavy atom. The fourth-order valence-electron chi connectivity index (χ4n) is 3.11. The molecule has 0 amide bonds. The monoisotopic (exact) mass is 444 g/mol. The minimum atomic E-state index is -0.506. The number of pyridine rings is 1. The van der Waals surface area contributed by atoms with Crippen LogP contribution in [0, 0.1) is 5.41 Å². The van der Waals surface area contributed by atoms with E-state index in [1.807, 2.05) is 75.5 Å². The van der Waals surface area contributed by atoms with Crippen molar-refractivity contribution >= 4 is 29.3 Å². The molecule has 4 aromatic rings. The van der Waals surface area contributed by atoms with Gasteiger partial charge in [-0.2, -0.15) is 5.10 Å². The van der Waals surface area contributed by atoms with Crippen LogP contribution in [0.3, 0.4) is 0 Å². The second-order valence-electron chi connectivity index (χ2n) is 8.53. The van der Waals surface area contributed by atoms with Crippen molar-refractivity contribution in [3.05, 3.63) is 86.2 Å². The van der Waals surface area contributed by atoms with Crippen molar-refractivity contribution in [1.82, 2.24) is 19.3 Å². The number of carbonyl (C=O) groups is 1. The molecular weight excluding hydrogens is 420 g/mol. The van der Waals surface area contributed by atoms with Crippen LogP contribution < -0.4 is 14.8 Å². The molecule has 0 spiro atoms. The number of benzene rings is 1. The van der Waals surface area contributed by atoms with E-state index in [1.165, 1.54) is 15.9 Å². The Morgan fingerprint density at radius 2 is 1.84 bits per heavy atom. The summed E-state index contributed by atoms with van der Waals surface area (Å²) in [5.41, 5.74) is 2.65. The van der Waals surface area contributed by atoms with Crippen LogP contribution in [0.25, 0.3) is 29.1 Å². The van der Waals surface area contributed by atoms with Gasteiger partial charge in [-0.25, -0.2) is 4.68 Å². The molecule has 6 nitrogen and oxygen atoms in total. The lowest BCUT2D eigenvalue weighted by atomic mass is 9.91. The van der Waals surface area contributed by atoms with E-state index in [0.717, 1.165) is 22.5 Å². The summed E-state index contributed by atoms with van der Waals surface area (Å²) in [6, 6.07) is 13.6. The van der Waals surface area contributed by atoms with Gasteiger partial charge in [-0.05, 0) is 30.3 Å². The van der Waals surface area contributed by atoms with E-state index in [2.05, 4.69) is 4.98 Å². The predicted octanol–water partition coefficient (Wildman–Crippen LogP) is 2.92. The summed E-state index contributed by atoms with van der Waals surface area (Å²) < 4.78 is 4.48. The van der Waals surface area contributed by atoms with Gasteiger partial charge in [-0.15, -0.1) is 11.3 Å². The largest absolute Gasteiger partial charge is 0.302 e. The number of ketones is 1. The SMILES string of the molecule is Cn1c(=O)/c(=C/c2cn(-c3ccccc3)nc2-c2cccnc2)s/c1=C\C(=O)C(C)(C)C. The number of Topliss-reactive ketones (excluding diaryl/α,β-unsaturated/α-hetero) is 1. The first kappa shape index (κ1) is 21.6. The zero-order chi connectivity index (χ0) is 22.9. The van der Waals surface area contributed by atoms with Gasteiger partial charge in [0.05, 0.1) is 10.2 Å². The molecule has 4 rings (SSSR count). The maximum Gasteiger partial charge on any atom is 0.268 e. The zero-order valence-electron chi connectivity index (χ0n) is 18.4. The van der Waals surface area contributed by atoms with Gasteiger partial charge in [0, 0.05) is 48.3 Å². The van der Waals surface area contributed by atoms with E-state index in [9.17, 15) is 9.59 Å². The third kappa shape index (κ3) is 4.38. The van der Waals surface area contributed by atoms with E-state index >= 15 is 0 Å². The first-order valence-electron chi connectivity index (χ1n) is 10.2. The number of para-hydroxylation sites is 1. The van der Waals surface area contributed by atoms with Crippen molar-refractivity contribution in [2.45, 2.75) is 20.8 Å². The maximum atomic E-state index is 12.9. The highest BCUT2D eigenvalue weighted by Crippen LogP contribution is 2.23. The van der Waals surface area contributed by atoms with Crippen molar-refractivity contribution in [2.24, 2.45) is 12.5 Å². The van der Waals surface area contributed by atoms with Crippen molar-refractivity contribution in [2.75, 3.05) is 0 Å². The summed E-state index contributed by atoms with van der Waals surface area (Å²) in [6.07, 6.45) is 8.76. The van der Waals surface area contributed by atoms with Gasteiger partial charge in [0.25, 0.3) is 5.56 Å². The van der Waals surface area contributed by atoms with Gasteiger partial charge in [0.2, 0.25) is 0 Å². The average molecular weight is 445 g/mol. The van der Waals surface area contributed by atoms with Gasteiger partial charge in [0.1, 0.15) is 10.4 Å². The third-order valence-corrected chi connectivity index (χ3v) is 6.15. The highest BCUT2D eigenvalue weighted by atomic mass is 32.1. The molecule has 7 heteroatoms. The van der Waals surface area contributed by atoms with Crippen LogP contribution in [-0.2, 0) is 11.8 Å². The Kier molecular flexibility index (Phi) is 5.76. The minimum Gasteiger partial charge on any atom is -0.302 e. The molecule has 0 aliphatic carbocycles. The number of thiazole rings is 1. The van der Waals surface area contributed by atoms with Crippen molar-refractivity contribution < 1.29 is 4.79 Å². The smallest absolute Gasteiger partial charge is 0.268 e.